The van der Waals surface area contributed by atoms with Crippen LogP contribution in [0.25, 0.3) is 0 Å². The van der Waals surface area contributed by atoms with Gasteiger partial charge in [-0.3, -0.25) is 14.5 Å². The number of nitrogens with one attached hydrogen (secondary N) is 1. The lowest BCUT2D eigenvalue weighted by atomic mass is 10.0. The largest absolute Gasteiger partial charge is 0.490 e. The summed E-state index contributed by atoms with van der Waals surface area (Å²) in [6.07, 6.45) is -5.11. The molecule has 39 heavy (non-hydrogen) atoms. The molecule has 2 aliphatic heterocycles. The minimum atomic E-state index is -5.11. The summed E-state index contributed by atoms with van der Waals surface area (Å²) in [7, 11) is 0. The Morgan fingerprint density at radius 3 is 2.56 bits per heavy atom. The molecule has 11 nitrogen and oxygen atoms in total. The number of β-lactam (4-membered cyclic amide) rings is 1. The third kappa shape index (κ3) is 6.37. The van der Waals surface area contributed by atoms with Crippen LogP contribution in [0.3, 0.4) is 0 Å². The molecular formula is C22H20F3N5O6S3. The number of hydrogen-bond acceptors (Lipinski definition) is 11. The van der Waals surface area contributed by atoms with Gasteiger partial charge in [-0.15, -0.1) is 22.0 Å². The Morgan fingerprint density at radius 1 is 1.28 bits per heavy atom. The summed E-state index contributed by atoms with van der Waals surface area (Å²) < 4.78 is 41.6. The van der Waals surface area contributed by atoms with Gasteiger partial charge in [0.25, 0.3) is 5.91 Å². The molecule has 2 aromatic rings. The van der Waals surface area contributed by atoms with Crippen LogP contribution >= 0.6 is 34.9 Å². The van der Waals surface area contributed by atoms with Crippen molar-refractivity contribution in [2.75, 3.05) is 11.5 Å². The third-order valence-corrected chi connectivity index (χ3v) is 9.05. The Labute approximate surface area is 231 Å². The van der Waals surface area contributed by atoms with E-state index >= 15 is 0 Å². The number of aliphatic carboxylic acids is 1. The molecule has 0 spiro atoms. The molecule has 17 heteroatoms. The van der Waals surface area contributed by atoms with Gasteiger partial charge in [-0.2, -0.15) is 13.2 Å². The zero-order valence-corrected chi connectivity index (χ0v) is 22.4. The number of aromatic nitrogens is 2. The van der Waals surface area contributed by atoms with Gasteiger partial charge in [-0.1, -0.05) is 47.4 Å². The highest BCUT2D eigenvalue weighted by Gasteiger charge is 2.54. The fourth-order valence-electron chi connectivity index (χ4n) is 3.73. The van der Waals surface area contributed by atoms with Crippen molar-refractivity contribution >= 4 is 58.6 Å². The van der Waals surface area contributed by atoms with Crippen molar-refractivity contribution in [1.29, 1.82) is 0 Å². The van der Waals surface area contributed by atoms with Crippen molar-refractivity contribution in [3.63, 3.8) is 0 Å². The summed E-state index contributed by atoms with van der Waals surface area (Å²) in [5, 5.41) is 20.4. The number of amides is 2. The number of benzene rings is 1. The van der Waals surface area contributed by atoms with Crippen LogP contribution in [-0.4, -0.2) is 73.1 Å². The average molecular weight is 604 g/mol. The van der Waals surface area contributed by atoms with Crippen LogP contribution in [0.2, 0.25) is 0 Å². The number of carbonyl (C=O) groups excluding carboxylic acids is 3. The molecule has 1 unspecified atom stereocenters. The summed E-state index contributed by atoms with van der Waals surface area (Å²) in [4.78, 5) is 49.7. The lowest BCUT2D eigenvalue weighted by Gasteiger charge is -2.49. The highest BCUT2D eigenvalue weighted by Crippen LogP contribution is 2.42. The van der Waals surface area contributed by atoms with Gasteiger partial charge in [0.05, 0.1) is 0 Å². The number of fused-ring (bicyclic) bond motifs is 1. The van der Waals surface area contributed by atoms with E-state index in [4.69, 9.17) is 5.73 Å². The van der Waals surface area contributed by atoms with Crippen molar-refractivity contribution in [3.05, 3.63) is 51.7 Å². The standard InChI is InChI=1S/C22H20F3N5O6S3/c1-9-28-29-21(39-9)38-8-12-7-37-18-14(17(32)30(18)15(12)19(33)34)27-16(31)13(26)11-4-2-10(3-5-11)6-36-20(35)22(23,24)25/h2-5,13-14,18H,6-8,26H2,1H3,(H,27,31)(H,33,34)/t13?,14-,18+/m1/s1. The summed E-state index contributed by atoms with van der Waals surface area (Å²) in [6.45, 7) is 1.19. The molecule has 4 rings (SSSR count). The second-order valence-corrected chi connectivity index (χ2v) is 11.8. The van der Waals surface area contributed by atoms with Gasteiger partial charge in [0.1, 0.15) is 34.8 Å². The molecule has 1 aromatic heterocycles. The molecule has 1 fully saturated rings. The molecule has 1 saturated heterocycles. The van der Waals surface area contributed by atoms with Crippen LogP contribution in [0.1, 0.15) is 22.2 Å². The zero-order valence-electron chi connectivity index (χ0n) is 19.9. The maximum Gasteiger partial charge on any atom is 0.490 e. The van der Waals surface area contributed by atoms with Crippen LogP contribution in [0, 0.1) is 6.92 Å². The van der Waals surface area contributed by atoms with E-state index in [0.717, 1.165) is 9.91 Å². The van der Waals surface area contributed by atoms with Crippen LogP contribution in [0.4, 0.5) is 13.2 Å². The Hall–Kier alpha value is -3.15. The summed E-state index contributed by atoms with van der Waals surface area (Å²) in [5.41, 5.74) is 6.99. The van der Waals surface area contributed by atoms with E-state index in [-0.39, 0.29) is 11.3 Å². The number of rotatable bonds is 9. The first kappa shape index (κ1) is 28.8. The van der Waals surface area contributed by atoms with E-state index < -0.39 is 54.0 Å². The molecule has 2 aliphatic rings. The highest BCUT2D eigenvalue weighted by atomic mass is 32.2. The minimum absolute atomic E-state index is 0.117. The van der Waals surface area contributed by atoms with Gasteiger partial charge >= 0.3 is 18.1 Å². The van der Waals surface area contributed by atoms with Gasteiger partial charge in [0, 0.05) is 11.5 Å². The molecule has 0 saturated carbocycles. The van der Waals surface area contributed by atoms with Crippen molar-refractivity contribution < 1.29 is 42.2 Å². The fourth-order valence-corrected chi connectivity index (χ4v) is 7.03. The number of ether oxygens (including phenoxy) is 1. The van der Waals surface area contributed by atoms with E-state index in [2.05, 4.69) is 20.3 Å². The van der Waals surface area contributed by atoms with E-state index in [1.165, 1.54) is 59.1 Å². The maximum absolute atomic E-state index is 12.9. The molecule has 0 bridgehead atoms. The first-order valence-corrected chi connectivity index (χ1v) is 13.9. The van der Waals surface area contributed by atoms with Crippen LogP contribution in [-0.2, 0) is 30.5 Å². The average Bonchev–Trinajstić information content (AvgIpc) is 3.32. The molecule has 4 N–H and O–H groups in total. The summed E-state index contributed by atoms with van der Waals surface area (Å²) >= 11 is 4.02. The Balaban J connectivity index is 1.36. The van der Waals surface area contributed by atoms with E-state index in [1.807, 2.05) is 0 Å². The zero-order chi connectivity index (χ0) is 28.5. The van der Waals surface area contributed by atoms with Gasteiger partial charge in [0.15, 0.2) is 4.34 Å². The first-order chi connectivity index (χ1) is 18.4. The topological polar surface area (TPSA) is 165 Å². The molecule has 2 amide bonds. The van der Waals surface area contributed by atoms with E-state index in [0.29, 0.717) is 27.0 Å². The third-order valence-electron chi connectivity index (χ3n) is 5.65. The monoisotopic (exact) mass is 603 g/mol. The molecule has 208 valence electrons. The fraction of sp³-hybridized carbons (Fsp3) is 0.364. The lowest BCUT2D eigenvalue weighted by Crippen LogP contribution is -2.71. The number of hydrogen-bond donors (Lipinski definition) is 3. The molecule has 3 atom stereocenters. The Kier molecular flexibility index (Phi) is 8.53. The second kappa shape index (κ2) is 11.5. The second-order valence-electron chi connectivity index (χ2n) is 8.32. The van der Waals surface area contributed by atoms with Crippen molar-refractivity contribution in [2.45, 2.75) is 41.5 Å². The molecule has 0 radical (unpaired) electrons. The number of carboxylic acids is 1. The summed E-state index contributed by atoms with van der Waals surface area (Å²) in [5.74, 6) is -4.20. The molecule has 3 heterocycles. The minimum Gasteiger partial charge on any atom is -0.477 e. The lowest BCUT2D eigenvalue weighted by molar-refractivity contribution is -0.201. The number of carbonyl (C=O) groups is 4. The van der Waals surface area contributed by atoms with Crippen molar-refractivity contribution in [1.82, 2.24) is 20.4 Å². The normalized spacial score (nSPS) is 19.7. The number of nitrogens with two attached hydrogens (primary N) is 1. The number of esters is 1. The predicted octanol–water partition coefficient (Wildman–Crippen LogP) is 1.98. The van der Waals surface area contributed by atoms with Crippen LogP contribution in [0.15, 0.2) is 39.9 Å². The van der Waals surface area contributed by atoms with Crippen LogP contribution in [0.5, 0.6) is 0 Å². The van der Waals surface area contributed by atoms with E-state index in [9.17, 15) is 37.5 Å². The van der Waals surface area contributed by atoms with Gasteiger partial charge < -0.3 is 20.9 Å². The van der Waals surface area contributed by atoms with Crippen LogP contribution < -0.4 is 11.1 Å². The van der Waals surface area contributed by atoms with Crippen molar-refractivity contribution in [3.8, 4) is 0 Å². The number of nitrogens with zero attached hydrogens (tertiary/aromatic N) is 3. The highest BCUT2D eigenvalue weighted by molar-refractivity contribution is 8.01. The number of aryl methyl sites for hydroxylation is 1. The SMILES string of the molecule is Cc1nnc(SCC2=C(C(=O)O)N3C(=O)[C@@H](NC(=O)C(N)c4ccc(COC(=O)C(F)(F)F)cc4)[C@@H]3SC2)s1. The Morgan fingerprint density at radius 2 is 1.97 bits per heavy atom. The maximum atomic E-state index is 12.9. The number of alkyl halides is 3. The van der Waals surface area contributed by atoms with Gasteiger partial charge in [-0.25, -0.2) is 9.59 Å². The number of halogens is 3. The number of thioether (sulfide) groups is 2. The smallest absolute Gasteiger partial charge is 0.477 e. The van der Waals surface area contributed by atoms with Gasteiger partial charge in [-0.05, 0) is 23.6 Å². The molecule has 0 aliphatic carbocycles. The molecule has 1 aromatic carbocycles. The quantitative estimate of drug-likeness (QED) is 0.218. The first-order valence-electron chi connectivity index (χ1n) is 11.1. The van der Waals surface area contributed by atoms with Crippen molar-refractivity contribution in [2.24, 2.45) is 5.73 Å². The predicted molar refractivity (Wildman–Crippen MR) is 134 cm³/mol. The Bertz CT molecular complexity index is 1330. The summed E-state index contributed by atoms with van der Waals surface area (Å²) in [6, 6.07) is 3.28. The van der Waals surface area contributed by atoms with Gasteiger partial charge in [0.2, 0.25) is 5.91 Å². The molecular weight excluding hydrogens is 583 g/mol. The van der Waals surface area contributed by atoms with E-state index in [1.54, 1.807) is 6.92 Å². The number of carboxylic acid groups (broad SMARTS) is 1.